The fourth-order valence-corrected chi connectivity index (χ4v) is 6.27. The fourth-order valence-electron chi connectivity index (χ4n) is 5.23. The molecule has 2 aromatic carbocycles. The van der Waals surface area contributed by atoms with Crippen LogP contribution in [0.3, 0.4) is 0 Å². The van der Waals surface area contributed by atoms with E-state index in [9.17, 15) is 19.5 Å². The highest BCUT2D eigenvalue weighted by atomic mass is 32.1. The molecule has 2 aromatic heterocycles. The number of carbonyl (C=O) groups is 2. The van der Waals surface area contributed by atoms with Crippen molar-refractivity contribution in [3.05, 3.63) is 126 Å². The molecule has 0 aliphatic carbocycles. The number of hydrogen-bond donors (Lipinski definition) is 1. The van der Waals surface area contributed by atoms with Crippen molar-refractivity contribution < 1.29 is 24.2 Å². The maximum Gasteiger partial charge on any atom is 0.338 e. The summed E-state index contributed by atoms with van der Waals surface area (Å²) in [4.78, 5) is 43.6. The molecule has 0 amide bonds. The van der Waals surface area contributed by atoms with Crippen LogP contribution in [0.4, 0.5) is 0 Å². The van der Waals surface area contributed by atoms with Crippen LogP contribution in [-0.4, -0.2) is 39.4 Å². The van der Waals surface area contributed by atoms with Gasteiger partial charge >= 0.3 is 11.9 Å². The van der Waals surface area contributed by atoms with Gasteiger partial charge in [-0.15, -0.1) is 0 Å². The molecule has 4 aromatic rings. The normalized spacial score (nSPS) is 14.7. The average molecular weight is 598 g/mol. The van der Waals surface area contributed by atoms with Crippen molar-refractivity contribution in [3.8, 4) is 11.4 Å². The van der Waals surface area contributed by atoms with Gasteiger partial charge in [-0.2, -0.15) is 0 Å². The Labute approximate surface area is 252 Å². The number of fused-ring (bicyclic) bond motifs is 1. The summed E-state index contributed by atoms with van der Waals surface area (Å²) in [6.07, 6.45) is 3.49. The van der Waals surface area contributed by atoms with Gasteiger partial charge in [0.2, 0.25) is 0 Å². The van der Waals surface area contributed by atoms with Crippen molar-refractivity contribution in [1.29, 1.82) is 0 Å². The number of benzene rings is 2. The summed E-state index contributed by atoms with van der Waals surface area (Å²) < 4.78 is 15.0. The Bertz CT molecular complexity index is 1940. The van der Waals surface area contributed by atoms with Gasteiger partial charge in [-0.3, -0.25) is 9.36 Å². The first-order chi connectivity index (χ1) is 20.6. The van der Waals surface area contributed by atoms with Gasteiger partial charge in [0, 0.05) is 17.1 Å². The van der Waals surface area contributed by atoms with E-state index in [1.807, 2.05) is 42.7 Å². The predicted octanol–water partition coefficient (Wildman–Crippen LogP) is 4.47. The molecule has 0 radical (unpaired) electrons. The Balaban J connectivity index is 1.63. The Hall–Kier alpha value is -4.96. The van der Waals surface area contributed by atoms with Gasteiger partial charge in [0.1, 0.15) is 12.4 Å². The molecular formula is C33H31N3O6S. The molecule has 1 aliphatic heterocycles. The zero-order valence-corrected chi connectivity index (χ0v) is 25.1. The van der Waals surface area contributed by atoms with E-state index in [0.29, 0.717) is 33.0 Å². The number of carboxylic acid groups (broad SMARTS) is 1. The summed E-state index contributed by atoms with van der Waals surface area (Å²) in [6, 6.07) is 15.2. The Kier molecular flexibility index (Phi) is 8.31. The second-order valence-corrected chi connectivity index (χ2v) is 11.0. The number of aromatic carboxylic acids is 1. The van der Waals surface area contributed by atoms with E-state index in [0.717, 1.165) is 28.2 Å². The minimum absolute atomic E-state index is 0.190. The van der Waals surface area contributed by atoms with Crippen LogP contribution in [-0.2, 0) is 9.53 Å². The Morgan fingerprint density at radius 3 is 2.42 bits per heavy atom. The summed E-state index contributed by atoms with van der Waals surface area (Å²) in [6.45, 7) is 11.6. The van der Waals surface area contributed by atoms with Gasteiger partial charge < -0.3 is 19.1 Å². The number of thiazole rings is 1. The number of carbonyl (C=O) groups excluding carboxylic acids is 1. The number of nitrogens with zero attached hydrogens (tertiary/aromatic N) is 3. The van der Waals surface area contributed by atoms with Crippen LogP contribution in [0, 0.1) is 13.8 Å². The Morgan fingerprint density at radius 1 is 1.09 bits per heavy atom. The minimum atomic E-state index is -0.986. The molecule has 0 saturated carbocycles. The smallest absolute Gasteiger partial charge is 0.338 e. The third-order valence-electron chi connectivity index (χ3n) is 7.21. The molecule has 1 N–H and O–H groups in total. The van der Waals surface area contributed by atoms with Gasteiger partial charge in [0.25, 0.3) is 5.56 Å². The zero-order chi connectivity index (χ0) is 30.8. The highest BCUT2D eigenvalue weighted by molar-refractivity contribution is 7.07. The molecule has 0 bridgehead atoms. The van der Waals surface area contributed by atoms with E-state index < -0.39 is 18.0 Å². The van der Waals surface area contributed by atoms with Crippen LogP contribution in [0.1, 0.15) is 52.8 Å². The SMILES string of the molecule is C=CCOc1ccc([C@H]2C(C(=O)OCC)=C(C)N=c3s/c(=C\c4cc(C)n(-c5ccc(C(=O)O)cc5)c4C)c(=O)n32)cc1. The van der Waals surface area contributed by atoms with E-state index >= 15 is 0 Å². The van der Waals surface area contributed by atoms with E-state index in [1.54, 1.807) is 60.9 Å². The number of esters is 1. The molecule has 0 fully saturated rings. The average Bonchev–Trinajstić information content (AvgIpc) is 3.44. The topological polar surface area (TPSA) is 112 Å². The van der Waals surface area contributed by atoms with Crippen molar-refractivity contribution in [3.63, 3.8) is 0 Å². The molecule has 1 aliphatic rings. The van der Waals surface area contributed by atoms with Crippen LogP contribution in [0.25, 0.3) is 11.8 Å². The number of aryl methyl sites for hydroxylation is 1. The molecule has 0 unspecified atom stereocenters. The number of aromatic nitrogens is 2. The van der Waals surface area contributed by atoms with Crippen molar-refractivity contribution in [2.24, 2.45) is 4.99 Å². The first-order valence-electron chi connectivity index (χ1n) is 13.7. The third-order valence-corrected chi connectivity index (χ3v) is 8.19. The monoisotopic (exact) mass is 597 g/mol. The van der Waals surface area contributed by atoms with Crippen molar-refractivity contribution >= 4 is 29.4 Å². The number of hydrogen-bond acceptors (Lipinski definition) is 7. The third kappa shape index (κ3) is 5.61. The van der Waals surface area contributed by atoms with Crippen LogP contribution in [0.5, 0.6) is 5.75 Å². The molecule has 43 heavy (non-hydrogen) atoms. The highest BCUT2D eigenvalue weighted by Crippen LogP contribution is 2.32. The lowest BCUT2D eigenvalue weighted by Crippen LogP contribution is -2.39. The van der Waals surface area contributed by atoms with Gasteiger partial charge in [0.05, 0.1) is 34.0 Å². The van der Waals surface area contributed by atoms with Gasteiger partial charge in [-0.05, 0) is 87.4 Å². The first kappa shape index (κ1) is 29.5. The van der Waals surface area contributed by atoms with Gasteiger partial charge in [-0.25, -0.2) is 14.6 Å². The molecule has 9 nitrogen and oxygen atoms in total. The standard InChI is InChI=1S/C33H31N3O6S/c1-6-16-42-26-14-10-22(11-15-26)29-28(32(40)41-7-2)20(4)34-33-36(29)30(37)27(43-33)18-24-17-19(3)35(21(24)5)25-12-8-23(9-13-25)31(38)39/h6,8-15,17-18,29H,1,7,16H2,2-5H3,(H,38,39)/b27-18-/t29-/m0/s1. The van der Waals surface area contributed by atoms with E-state index in [-0.39, 0.29) is 17.7 Å². The number of carboxylic acids is 1. The summed E-state index contributed by atoms with van der Waals surface area (Å²) in [5.41, 5.74) is 4.93. The van der Waals surface area contributed by atoms with Gasteiger partial charge in [0.15, 0.2) is 4.80 Å². The summed E-state index contributed by atoms with van der Waals surface area (Å²) in [7, 11) is 0. The molecule has 0 spiro atoms. The lowest BCUT2D eigenvalue weighted by molar-refractivity contribution is -0.139. The molecule has 1 atom stereocenters. The predicted molar refractivity (Wildman–Crippen MR) is 165 cm³/mol. The van der Waals surface area contributed by atoms with Crippen LogP contribution >= 0.6 is 11.3 Å². The lowest BCUT2D eigenvalue weighted by Gasteiger charge is -2.24. The highest BCUT2D eigenvalue weighted by Gasteiger charge is 2.33. The second-order valence-electron chi connectivity index (χ2n) is 9.98. The fraction of sp³-hybridized carbons (Fsp3) is 0.212. The van der Waals surface area contributed by atoms with Crippen molar-refractivity contribution in [2.75, 3.05) is 13.2 Å². The lowest BCUT2D eigenvalue weighted by atomic mass is 9.96. The molecular weight excluding hydrogens is 566 g/mol. The molecule has 3 heterocycles. The second kappa shape index (κ2) is 12.1. The summed E-state index contributed by atoms with van der Waals surface area (Å²) in [5.74, 6) is -0.866. The molecule has 10 heteroatoms. The maximum absolute atomic E-state index is 14.0. The van der Waals surface area contributed by atoms with E-state index in [4.69, 9.17) is 9.47 Å². The summed E-state index contributed by atoms with van der Waals surface area (Å²) >= 11 is 1.26. The summed E-state index contributed by atoms with van der Waals surface area (Å²) in [5, 5.41) is 9.26. The van der Waals surface area contributed by atoms with Crippen LogP contribution in [0.2, 0.25) is 0 Å². The number of ether oxygens (including phenoxy) is 2. The number of allylic oxidation sites excluding steroid dienone is 1. The molecule has 0 saturated heterocycles. The van der Waals surface area contributed by atoms with Crippen LogP contribution in [0.15, 0.2) is 88.3 Å². The maximum atomic E-state index is 14.0. The Morgan fingerprint density at radius 2 is 1.79 bits per heavy atom. The largest absolute Gasteiger partial charge is 0.490 e. The van der Waals surface area contributed by atoms with Crippen molar-refractivity contribution in [2.45, 2.75) is 33.7 Å². The van der Waals surface area contributed by atoms with Crippen LogP contribution < -0.4 is 19.6 Å². The van der Waals surface area contributed by atoms with E-state index in [1.165, 1.54) is 11.3 Å². The minimum Gasteiger partial charge on any atom is -0.490 e. The first-order valence-corrected chi connectivity index (χ1v) is 14.5. The number of rotatable bonds is 9. The quantitative estimate of drug-likeness (QED) is 0.225. The molecule has 220 valence electrons. The zero-order valence-electron chi connectivity index (χ0n) is 24.3. The van der Waals surface area contributed by atoms with Crippen molar-refractivity contribution in [1.82, 2.24) is 9.13 Å². The van der Waals surface area contributed by atoms with E-state index in [2.05, 4.69) is 11.6 Å². The van der Waals surface area contributed by atoms with Gasteiger partial charge in [-0.1, -0.05) is 36.1 Å². The molecule has 5 rings (SSSR count).